The molecule has 146 valence electrons. The minimum atomic E-state index is 0.250. The molecule has 4 heterocycles. The molecule has 0 saturated carbocycles. The van der Waals surface area contributed by atoms with E-state index in [1.54, 1.807) is 6.20 Å². The van der Waals surface area contributed by atoms with Crippen molar-refractivity contribution in [3.05, 3.63) is 36.2 Å². The highest BCUT2D eigenvalue weighted by molar-refractivity contribution is 5.84. The van der Waals surface area contributed by atoms with Gasteiger partial charge in [0.2, 0.25) is 0 Å². The van der Waals surface area contributed by atoms with Crippen LogP contribution in [0.15, 0.2) is 35.0 Å². The van der Waals surface area contributed by atoms with E-state index in [9.17, 15) is 0 Å². The summed E-state index contributed by atoms with van der Waals surface area (Å²) in [5.41, 5.74) is 3.84. The molecule has 0 spiro atoms. The number of nitrogens with one attached hydrogen (secondary N) is 1. The van der Waals surface area contributed by atoms with Crippen LogP contribution in [0.1, 0.15) is 12.5 Å². The highest BCUT2D eigenvalue weighted by Gasteiger charge is 2.32. The number of piperazine rings is 1. The molecule has 2 atom stereocenters. The Morgan fingerprint density at radius 2 is 2.00 bits per heavy atom. The van der Waals surface area contributed by atoms with Crippen LogP contribution in [0.2, 0.25) is 0 Å². The fourth-order valence-corrected chi connectivity index (χ4v) is 3.74. The second-order valence-electron chi connectivity index (χ2n) is 6.85. The van der Waals surface area contributed by atoms with Gasteiger partial charge >= 0.3 is 6.15 Å². The molecule has 2 bridgehead atoms. The molecular weight excluding hydrogens is 362 g/mol. The molecule has 9 heteroatoms. The van der Waals surface area contributed by atoms with Gasteiger partial charge in [-0.3, -0.25) is 0 Å². The third-order valence-electron chi connectivity index (χ3n) is 4.94. The van der Waals surface area contributed by atoms with Gasteiger partial charge in [0.05, 0.1) is 13.2 Å². The second-order valence-corrected chi connectivity index (χ2v) is 6.85. The number of morpholine rings is 1. The van der Waals surface area contributed by atoms with Crippen LogP contribution in [-0.4, -0.2) is 59.3 Å². The van der Waals surface area contributed by atoms with E-state index < -0.39 is 0 Å². The summed E-state index contributed by atoms with van der Waals surface area (Å²) in [7, 11) is 0. The predicted octanol–water partition coefficient (Wildman–Crippen LogP) is 1.17. The predicted molar refractivity (Wildman–Crippen MR) is 99.3 cm³/mol. The van der Waals surface area contributed by atoms with E-state index in [2.05, 4.69) is 34.4 Å². The quantitative estimate of drug-likeness (QED) is 0.719. The largest absolute Gasteiger partial charge is 0.421 e. The first-order valence-electron chi connectivity index (χ1n) is 9.23. The Labute approximate surface area is 161 Å². The number of oxazole rings is 1. The third kappa shape index (κ3) is 3.55. The minimum Gasteiger partial charge on any atom is -0.421 e. The standard InChI is InChI=1S/C18H21N5O2.CO2/c1-2-12-6-15-17(16(7-12)23-5-3-4-19-23)25-18(21-15)22-8-13-10-24-11-14(9-22)20-13;2-1-3/h3-7,13-14,20H,2,8-11H2,1H3;. The number of anilines is 1. The number of fused-ring (bicyclic) bond motifs is 3. The lowest BCUT2D eigenvalue weighted by molar-refractivity contribution is -0.191. The molecule has 9 nitrogen and oxygen atoms in total. The zero-order valence-corrected chi connectivity index (χ0v) is 15.5. The molecule has 2 aliphatic heterocycles. The molecule has 0 radical (unpaired) electrons. The molecule has 1 N–H and O–H groups in total. The van der Waals surface area contributed by atoms with E-state index in [4.69, 9.17) is 23.7 Å². The maximum atomic E-state index is 8.12. The van der Waals surface area contributed by atoms with Gasteiger partial charge in [0.1, 0.15) is 11.2 Å². The van der Waals surface area contributed by atoms with E-state index in [-0.39, 0.29) is 6.15 Å². The monoisotopic (exact) mass is 383 g/mol. The summed E-state index contributed by atoms with van der Waals surface area (Å²) < 4.78 is 13.7. The third-order valence-corrected chi connectivity index (χ3v) is 4.94. The first kappa shape index (κ1) is 18.4. The van der Waals surface area contributed by atoms with Gasteiger partial charge in [-0.2, -0.15) is 19.7 Å². The lowest BCUT2D eigenvalue weighted by Gasteiger charge is -2.41. The fraction of sp³-hybridized carbons (Fsp3) is 0.421. The number of hydrogen-bond acceptors (Lipinski definition) is 8. The van der Waals surface area contributed by atoms with Crippen LogP contribution in [0.4, 0.5) is 6.01 Å². The lowest BCUT2D eigenvalue weighted by Crippen LogP contribution is -2.63. The highest BCUT2D eigenvalue weighted by atomic mass is 16.5. The average molecular weight is 383 g/mol. The molecule has 0 aliphatic carbocycles. The maximum Gasteiger partial charge on any atom is 0.373 e. The molecule has 28 heavy (non-hydrogen) atoms. The molecule has 2 fully saturated rings. The number of carbonyl (C=O) groups excluding carboxylic acids is 2. The molecule has 5 rings (SSSR count). The van der Waals surface area contributed by atoms with Crippen molar-refractivity contribution in [2.45, 2.75) is 25.4 Å². The number of aromatic nitrogens is 3. The Morgan fingerprint density at radius 1 is 1.25 bits per heavy atom. The number of ether oxygens (including phenoxy) is 1. The number of hydrogen-bond donors (Lipinski definition) is 1. The van der Waals surface area contributed by atoms with Gasteiger partial charge in [0.15, 0.2) is 5.58 Å². The molecule has 2 aliphatic rings. The molecular formula is C19H21N5O4. The van der Waals surface area contributed by atoms with Crippen LogP contribution in [-0.2, 0) is 20.7 Å². The Bertz CT molecular complexity index is 966. The maximum absolute atomic E-state index is 8.12. The first-order valence-corrected chi connectivity index (χ1v) is 9.23. The van der Waals surface area contributed by atoms with Crippen LogP contribution >= 0.6 is 0 Å². The Kier molecular flexibility index (Phi) is 5.21. The van der Waals surface area contributed by atoms with E-state index in [1.165, 1.54) is 5.56 Å². The zero-order chi connectivity index (χ0) is 19.5. The Morgan fingerprint density at radius 3 is 2.64 bits per heavy atom. The number of aryl methyl sites for hydroxylation is 1. The van der Waals surface area contributed by atoms with Crippen molar-refractivity contribution in [3.8, 4) is 5.69 Å². The van der Waals surface area contributed by atoms with Gasteiger partial charge in [-0.15, -0.1) is 0 Å². The normalized spacial score (nSPS) is 21.1. The summed E-state index contributed by atoms with van der Waals surface area (Å²) >= 11 is 0. The lowest BCUT2D eigenvalue weighted by atomic mass is 10.1. The van der Waals surface area contributed by atoms with Crippen LogP contribution in [0.5, 0.6) is 0 Å². The summed E-state index contributed by atoms with van der Waals surface area (Å²) in [6.07, 6.45) is 4.91. The summed E-state index contributed by atoms with van der Waals surface area (Å²) in [6.45, 7) is 5.33. The van der Waals surface area contributed by atoms with Gasteiger partial charge < -0.3 is 19.4 Å². The summed E-state index contributed by atoms with van der Waals surface area (Å²) in [5, 5.41) is 7.96. The van der Waals surface area contributed by atoms with Gasteiger partial charge in [0, 0.05) is 37.6 Å². The molecule has 2 unspecified atom stereocenters. The van der Waals surface area contributed by atoms with E-state index in [1.807, 2.05) is 16.9 Å². The summed E-state index contributed by atoms with van der Waals surface area (Å²) in [5.74, 6) is 0. The van der Waals surface area contributed by atoms with Gasteiger partial charge in [-0.1, -0.05) is 6.92 Å². The molecule has 0 amide bonds. The minimum absolute atomic E-state index is 0.250. The van der Waals surface area contributed by atoms with Crippen LogP contribution in [0.3, 0.4) is 0 Å². The van der Waals surface area contributed by atoms with Gasteiger partial charge in [-0.05, 0) is 30.2 Å². The highest BCUT2D eigenvalue weighted by Crippen LogP contribution is 2.30. The van der Waals surface area contributed by atoms with Crippen molar-refractivity contribution in [1.82, 2.24) is 20.1 Å². The van der Waals surface area contributed by atoms with E-state index >= 15 is 0 Å². The van der Waals surface area contributed by atoms with Crippen molar-refractivity contribution >= 4 is 23.3 Å². The van der Waals surface area contributed by atoms with E-state index in [0.29, 0.717) is 18.1 Å². The zero-order valence-electron chi connectivity index (χ0n) is 15.5. The molecule has 2 aromatic heterocycles. The molecule has 1 aromatic carbocycles. The number of benzene rings is 1. The SMILES string of the molecule is CCc1cc(-n2cccn2)c2oc(N3CC4COCC(C3)N4)nc2c1.O=C=O. The number of nitrogens with zero attached hydrogens (tertiary/aromatic N) is 4. The fourth-order valence-electron chi connectivity index (χ4n) is 3.74. The summed E-state index contributed by atoms with van der Waals surface area (Å²) in [6, 6.07) is 7.51. The second kappa shape index (κ2) is 7.93. The Balaban J connectivity index is 0.000000604. The first-order chi connectivity index (χ1) is 13.7. The molecule has 2 saturated heterocycles. The van der Waals surface area contributed by atoms with Crippen LogP contribution in [0.25, 0.3) is 16.8 Å². The molecule has 3 aromatic rings. The van der Waals surface area contributed by atoms with Gasteiger partial charge in [0.25, 0.3) is 6.01 Å². The van der Waals surface area contributed by atoms with E-state index in [0.717, 1.165) is 49.5 Å². The van der Waals surface area contributed by atoms with Crippen molar-refractivity contribution in [2.75, 3.05) is 31.2 Å². The Hall–Kier alpha value is -3.00. The van der Waals surface area contributed by atoms with Crippen molar-refractivity contribution < 1.29 is 18.7 Å². The average Bonchev–Trinajstić information content (AvgIpc) is 3.37. The van der Waals surface area contributed by atoms with Crippen LogP contribution < -0.4 is 10.2 Å². The van der Waals surface area contributed by atoms with Crippen molar-refractivity contribution in [2.24, 2.45) is 0 Å². The van der Waals surface area contributed by atoms with Crippen molar-refractivity contribution in [3.63, 3.8) is 0 Å². The summed E-state index contributed by atoms with van der Waals surface area (Å²) in [4.78, 5) is 23.3. The van der Waals surface area contributed by atoms with Crippen LogP contribution in [0, 0.1) is 0 Å². The van der Waals surface area contributed by atoms with Gasteiger partial charge in [-0.25, -0.2) is 4.68 Å². The smallest absolute Gasteiger partial charge is 0.373 e. The number of rotatable bonds is 3. The van der Waals surface area contributed by atoms with Crippen molar-refractivity contribution in [1.29, 1.82) is 0 Å². The topological polar surface area (TPSA) is 102 Å².